The van der Waals surface area contributed by atoms with Crippen LogP contribution in [0.3, 0.4) is 0 Å². The molecule has 0 aromatic heterocycles. The van der Waals surface area contributed by atoms with E-state index >= 15 is 0 Å². The van der Waals surface area contributed by atoms with Crippen LogP contribution in [-0.4, -0.2) is 28.8 Å². The Labute approximate surface area is 102 Å². The summed E-state index contributed by atoms with van der Waals surface area (Å²) in [6.45, 7) is 2.01. The summed E-state index contributed by atoms with van der Waals surface area (Å²) in [6, 6.07) is 4.62. The highest BCUT2D eigenvalue weighted by atomic mass is 79.9. The maximum atomic E-state index is 11.6. The van der Waals surface area contributed by atoms with E-state index in [0.29, 0.717) is 10.9 Å². The standard InChI is InChI=1S/C11H14BrNO3/c1-2-8(14)6-13-11(16)9-5-7(12)3-4-10(9)15/h3-5,8,14-15H,2,6H2,1H3,(H,13,16). The number of carbonyl (C=O) groups is 1. The van der Waals surface area contributed by atoms with Crippen LogP contribution in [-0.2, 0) is 0 Å². The van der Waals surface area contributed by atoms with Crippen LogP contribution in [0.15, 0.2) is 22.7 Å². The van der Waals surface area contributed by atoms with Crippen molar-refractivity contribution >= 4 is 21.8 Å². The van der Waals surface area contributed by atoms with Gasteiger partial charge in [-0.1, -0.05) is 22.9 Å². The number of nitrogens with one attached hydrogen (secondary N) is 1. The summed E-state index contributed by atoms with van der Waals surface area (Å²) < 4.78 is 0.714. The van der Waals surface area contributed by atoms with Crippen molar-refractivity contribution in [1.82, 2.24) is 5.32 Å². The van der Waals surface area contributed by atoms with Gasteiger partial charge in [0.15, 0.2) is 0 Å². The van der Waals surface area contributed by atoms with Crippen molar-refractivity contribution in [1.29, 1.82) is 0 Å². The van der Waals surface area contributed by atoms with Crippen molar-refractivity contribution < 1.29 is 15.0 Å². The van der Waals surface area contributed by atoms with Crippen molar-refractivity contribution in [3.8, 4) is 5.75 Å². The fourth-order valence-electron chi connectivity index (χ4n) is 1.14. The molecule has 0 saturated heterocycles. The number of phenolic OH excluding ortho intramolecular Hbond substituents is 1. The molecule has 0 bridgehead atoms. The van der Waals surface area contributed by atoms with Crippen LogP contribution in [0.5, 0.6) is 5.75 Å². The topological polar surface area (TPSA) is 69.6 Å². The van der Waals surface area contributed by atoms with E-state index in [1.165, 1.54) is 12.1 Å². The number of aliphatic hydroxyl groups is 1. The minimum absolute atomic E-state index is 0.0771. The summed E-state index contributed by atoms with van der Waals surface area (Å²) in [7, 11) is 0. The Hall–Kier alpha value is -1.07. The smallest absolute Gasteiger partial charge is 0.255 e. The lowest BCUT2D eigenvalue weighted by Gasteiger charge is -2.10. The third-order valence-corrected chi connectivity index (χ3v) is 2.67. The van der Waals surface area contributed by atoms with Gasteiger partial charge in [0.25, 0.3) is 5.91 Å². The van der Waals surface area contributed by atoms with Crippen molar-refractivity contribution in [2.45, 2.75) is 19.4 Å². The SMILES string of the molecule is CCC(O)CNC(=O)c1cc(Br)ccc1O. The van der Waals surface area contributed by atoms with Gasteiger partial charge >= 0.3 is 0 Å². The molecule has 0 radical (unpaired) electrons. The Morgan fingerprint density at radius 1 is 1.56 bits per heavy atom. The Morgan fingerprint density at radius 2 is 2.25 bits per heavy atom. The number of rotatable bonds is 4. The van der Waals surface area contributed by atoms with Gasteiger partial charge in [-0.15, -0.1) is 0 Å². The first-order chi connectivity index (χ1) is 7.54. The number of carbonyl (C=O) groups excluding carboxylic acids is 1. The predicted octanol–water partition coefficient (Wildman–Crippen LogP) is 1.66. The number of benzene rings is 1. The van der Waals surface area contributed by atoms with E-state index in [2.05, 4.69) is 21.2 Å². The molecule has 1 aromatic rings. The van der Waals surface area contributed by atoms with Gasteiger partial charge in [-0.05, 0) is 24.6 Å². The first kappa shape index (κ1) is 13.0. The maximum absolute atomic E-state index is 11.6. The van der Waals surface area contributed by atoms with E-state index in [4.69, 9.17) is 0 Å². The molecule has 1 atom stereocenters. The summed E-state index contributed by atoms with van der Waals surface area (Å²) in [5.74, 6) is -0.474. The minimum atomic E-state index is -0.557. The first-order valence-electron chi connectivity index (χ1n) is 4.99. The van der Waals surface area contributed by atoms with E-state index in [-0.39, 0.29) is 17.9 Å². The molecule has 0 heterocycles. The molecule has 1 unspecified atom stereocenters. The lowest BCUT2D eigenvalue weighted by Crippen LogP contribution is -2.31. The molecule has 0 aliphatic carbocycles. The molecule has 1 amide bonds. The zero-order chi connectivity index (χ0) is 12.1. The zero-order valence-electron chi connectivity index (χ0n) is 8.90. The summed E-state index contributed by atoms with van der Waals surface area (Å²) in [4.78, 5) is 11.6. The highest BCUT2D eigenvalue weighted by Crippen LogP contribution is 2.21. The molecule has 88 valence electrons. The molecule has 0 saturated carbocycles. The molecular weight excluding hydrogens is 274 g/mol. The average Bonchev–Trinajstić information content (AvgIpc) is 2.28. The Morgan fingerprint density at radius 3 is 2.88 bits per heavy atom. The van der Waals surface area contributed by atoms with Crippen LogP contribution >= 0.6 is 15.9 Å². The number of hydrogen-bond acceptors (Lipinski definition) is 3. The van der Waals surface area contributed by atoms with Crippen molar-refractivity contribution in [3.63, 3.8) is 0 Å². The molecule has 3 N–H and O–H groups in total. The van der Waals surface area contributed by atoms with Crippen molar-refractivity contribution in [3.05, 3.63) is 28.2 Å². The summed E-state index contributed by atoms with van der Waals surface area (Å²) in [5.41, 5.74) is 0.192. The van der Waals surface area contributed by atoms with E-state index in [1.807, 2.05) is 6.92 Å². The van der Waals surface area contributed by atoms with Crippen LogP contribution in [0.2, 0.25) is 0 Å². The monoisotopic (exact) mass is 287 g/mol. The number of hydrogen-bond donors (Lipinski definition) is 3. The number of halogens is 1. The number of aliphatic hydroxyl groups excluding tert-OH is 1. The van der Waals surface area contributed by atoms with E-state index in [0.717, 1.165) is 0 Å². The summed E-state index contributed by atoms with van der Waals surface area (Å²) in [6.07, 6.45) is 0.0170. The van der Waals surface area contributed by atoms with Gasteiger partial charge in [-0.25, -0.2) is 0 Å². The zero-order valence-corrected chi connectivity index (χ0v) is 10.5. The largest absolute Gasteiger partial charge is 0.507 e. The number of phenols is 1. The number of amides is 1. The van der Waals surface area contributed by atoms with Gasteiger partial charge < -0.3 is 15.5 Å². The number of aromatic hydroxyl groups is 1. The predicted molar refractivity (Wildman–Crippen MR) is 64.4 cm³/mol. The van der Waals surface area contributed by atoms with Gasteiger partial charge in [-0.3, -0.25) is 4.79 Å². The van der Waals surface area contributed by atoms with Gasteiger partial charge in [0, 0.05) is 11.0 Å². The molecule has 0 aliphatic rings. The Kier molecular flexibility index (Phi) is 4.76. The van der Waals surface area contributed by atoms with Gasteiger partial charge in [0.1, 0.15) is 5.75 Å². The third kappa shape index (κ3) is 3.50. The minimum Gasteiger partial charge on any atom is -0.507 e. The second-order valence-corrected chi connectivity index (χ2v) is 4.35. The molecule has 1 rings (SSSR count). The Bertz CT molecular complexity index is 381. The van der Waals surface area contributed by atoms with Crippen LogP contribution in [0.1, 0.15) is 23.7 Å². The molecule has 0 spiro atoms. The highest BCUT2D eigenvalue weighted by Gasteiger charge is 2.12. The second kappa shape index (κ2) is 5.86. The molecule has 4 nitrogen and oxygen atoms in total. The summed E-state index contributed by atoms with van der Waals surface area (Å²) in [5, 5.41) is 21.3. The molecule has 5 heteroatoms. The van der Waals surface area contributed by atoms with Crippen LogP contribution in [0.25, 0.3) is 0 Å². The van der Waals surface area contributed by atoms with Crippen LogP contribution in [0, 0.1) is 0 Å². The molecule has 0 aliphatic heterocycles. The molecule has 1 aromatic carbocycles. The maximum Gasteiger partial charge on any atom is 0.255 e. The third-order valence-electron chi connectivity index (χ3n) is 2.17. The molecule has 16 heavy (non-hydrogen) atoms. The average molecular weight is 288 g/mol. The van der Waals surface area contributed by atoms with Crippen molar-refractivity contribution in [2.24, 2.45) is 0 Å². The van der Waals surface area contributed by atoms with Gasteiger partial charge in [-0.2, -0.15) is 0 Å². The van der Waals surface area contributed by atoms with E-state index in [1.54, 1.807) is 6.07 Å². The van der Waals surface area contributed by atoms with Gasteiger partial charge in [0.05, 0.1) is 11.7 Å². The molecule has 0 fully saturated rings. The molecular formula is C11H14BrNO3. The van der Waals surface area contributed by atoms with Crippen LogP contribution < -0.4 is 5.32 Å². The van der Waals surface area contributed by atoms with Crippen LogP contribution in [0.4, 0.5) is 0 Å². The van der Waals surface area contributed by atoms with E-state index < -0.39 is 12.0 Å². The Balaban J connectivity index is 2.69. The highest BCUT2D eigenvalue weighted by molar-refractivity contribution is 9.10. The second-order valence-electron chi connectivity index (χ2n) is 3.43. The lowest BCUT2D eigenvalue weighted by molar-refractivity contribution is 0.0911. The normalized spacial score (nSPS) is 12.2. The van der Waals surface area contributed by atoms with E-state index in [9.17, 15) is 15.0 Å². The van der Waals surface area contributed by atoms with Crippen molar-refractivity contribution in [2.75, 3.05) is 6.54 Å². The fraction of sp³-hybridized carbons (Fsp3) is 0.364. The fourth-order valence-corrected chi connectivity index (χ4v) is 1.50. The quantitative estimate of drug-likeness (QED) is 0.789. The summed E-state index contributed by atoms with van der Waals surface area (Å²) >= 11 is 3.22. The first-order valence-corrected chi connectivity index (χ1v) is 5.78. The van der Waals surface area contributed by atoms with Gasteiger partial charge in [0.2, 0.25) is 0 Å². The lowest BCUT2D eigenvalue weighted by atomic mass is 10.2.